The van der Waals surface area contributed by atoms with Gasteiger partial charge in [0, 0.05) is 10.0 Å². The molecule has 2 rings (SSSR count). The van der Waals surface area contributed by atoms with Crippen molar-refractivity contribution in [1.82, 2.24) is 5.32 Å². The molecule has 18 heavy (non-hydrogen) atoms. The summed E-state index contributed by atoms with van der Waals surface area (Å²) in [6.45, 7) is 2.92. The van der Waals surface area contributed by atoms with Gasteiger partial charge >= 0.3 is 0 Å². The van der Waals surface area contributed by atoms with E-state index in [0.29, 0.717) is 0 Å². The molecule has 2 aromatic rings. The molecular formula is C14H16BrNO2. The molecule has 1 unspecified atom stereocenters. The van der Waals surface area contributed by atoms with E-state index in [0.717, 1.165) is 28.1 Å². The Hall–Kier alpha value is -1.26. The highest BCUT2D eigenvalue weighted by Gasteiger charge is 2.19. The van der Waals surface area contributed by atoms with Crippen molar-refractivity contribution in [2.45, 2.75) is 13.0 Å². The topological polar surface area (TPSA) is 34.4 Å². The molecule has 0 aliphatic carbocycles. The maximum atomic E-state index is 5.50. The molecule has 1 heterocycles. The van der Waals surface area contributed by atoms with Crippen LogP contribution in [-0.2, 0) is 0 Å². The Morgan fingerprint density at radius 1 is 1.39 bits per heavy atom. The number of nitrogens with one attached hydrogen (secondary N) is 1. The Balaban J connectivity index is 2.42. The second-order valence-corrected chi connectivity index (χ2v) is 4.81. The largest absolute Gasteiger partial charge is 0.496 e. The van der Waals surface area contributed by atoms with Crippen LogP contribution in [0.25, 0.3) is 0 Å². The van der Waals surface area contributed by atoms with Crippen molar-refractivity contribution in [1.29, 1.82) is 0 Å². The number of benzene rings is 1. The van der Waals surface area contributed by atoms with Gasteiger partial charge in [0.15, 0.2) is 0 Å². The van der Waals surface area contributed by atoms with Gasteiger partial charge in [-0.1, -0.05) is 28.9 Å². The van der Waals surface area contributed by atoms with Gasteiger partial charge in [0.2, 0.25) is 0 Å². The molecule has 1 aromatic heterocycles. The maximum Gasteiger partial charge on any atom is 0.125 e. The molecule has 0 radical (unpaired) electrons. The highest BCUT2D eigenvalue weighted by atomic mass is 79.9. The number of furan rings is 1. The van der Waals surface area contributed by atoms with Gasteiger partial charge in [-0.25, -0.2) is 0 Å². The molecule has 1 aromatic carbocycles. The van der Waals surface area contributed by atoms with Crippen molar-refractivity contribution < 1.29 is 9.15 Å². The van der Waals surface area contributed by atoms with E-state index in [2.05, 4.69) is 28.2 Å². The third-order valence-corrected chi connectivity index (χ3v) is 3.24. The molecule has 1 atom stereocenters. The molecule has 0 amide bonds. The van der Waals surface area contributed by atoms with Crippen molar-refractivity contribution in [3.8, 4) is 5.75 Å². The second kappa shape index (κ2) is 6.07. The van der Waals surface area contributed by atoms with Crippen molar-refractivity contribution in [2.75, 3.05) is 13.7 Å². The lowest BCUT2D eigenvalue weighted by Gasteiger charge is -2.19. The molecule has 3 nitrogen and oxygen atoms in total. The van der Waals surface area contributed by atoms with E-state index in [1.54, 1.807) is 13.4 Å². The fourth-order valence-corrected chi connectivity index (χ4v) is 2.29. The van der Waals surface area contributed by atoms with Crippen LogP contribution in [-0.4, -0.2) is 13.7 Å². The third-order valence-electron chi connectivity index (χ3n) is 2.74. The lowest BCUT2D eigenvalue weighted by molar-refractivity contribution is 0.393. The van der Waals surface area contributed by atoms with Gasteiger partial charge in [0.25, 0.3) is 0 Å². The van der Waals surface area contributed by atoms with E-state index in [1.165, 1.54) is 0 Å². The summed E-state index contributed by atoms with van der Waals surface area (Å²) in [6, 6.07) is 9.87. The standard InChI is InChI=1S/C14H16BrNO2/c1-3-16-14(12-5-4-8-18-12)11-7-6-10(15)9-13(11)17-2/h4-9,14,16H,3H2,1-2H3. The second-order valence-electron chi connectivity index (χ2n) is 3.89. The summed E-state index contributed by atoms with van der Waals surface area (Å²) >= 11 is 3.45. The highest BCUT2D eigenvalue weighted by Crippen LogP contribution is 2.32. The van der Waals surface area contributed by atoms with Crippen LogP contribution in [0.5, 0.6) is 5.75 Å². The number of hydrogen-bond acceptors (Lipinski definition) is 3. The Kier molecular flexibility index (Phi) is 4.44. The quantitative estimate of drug-likeness (QED) is 0.913. The van der Waals surface area contributed by atoms with E-state index in [9.17, 15) is 0 Å². The minimum atomic E-state index is 0.00745. The molecule has 4 heteroatoms. The lowest BCUT2D eigenvalue weighted by atomic mass is 10.0. The van der Waals surface area contributed by atoms with Crippen molar-refractivity contribution in [3.05, 3.63) is 52.4 Å². The monoisotopic (exact) mass is 309 g/mol. The predicted molar refractivity (Wildman–Crippen MR) is 74.9 cm³/mol. The Morgan fingerprint density at radius 3 is 2.83 bits per heavy atom. The molecule has 1 N–H and O–H groups in total. The Morgan fingerprint density at radius 2 is 2.22 bits per heavy atom. The van der Waals surface area contributed by atoms with E-state index in [1.807, 2.05) is 30.3 Å². The zero-order valence-electron chi connectivity index (χ0n) is 10.4. The van der Waals surface area contributed by atoms with Gasteiger partial charge in [0.05, 0.1) is 19.4 Å². The average molecular weight is 310 g/mol. The average Bonchev–Trinajstić information content (AvgIpc) is 2.90. The van der Waals surface area contributed by atoms with Crippen LogP contribution in [0.3, 0.4) is 0 Å². The summed E-state index contributed by atoms with van der Waals surface area (Å²) in [5, 5.41) is 3.41. The molecule has 0 spiro atoms. The Bertz CT molecular complexity index is 497. The van der Waals surface area contributed by atoms with Gasteiger partial charge in [0.1, 0.15) is 11.5 Å². The van der Waals surface area contributed by atoms with Crippen molar-refractivity contribution in [2.24, 2.45) is 0 Å². The van der Waals surface area contributed by atoms with E-state index in [-0.39, 0.29) is 6.04 Å². The van der Waals surface area contributed by atoms with Gasteiger partial charge in [-0.15, -0.1) is 0 Å². The van der Waals surface area contributed by atoms with Crippen LogP contribution < -0.4 is 10.1 Å². The van der Waals surface area contributed by atoms with Crippen LogP contribution in [0.15, 0.2) is 45.5 Å². The molecular weight excluding hydrogens is 294 g/mol. The molecule has 0 aliphatic heterocycles. The summed E-state index contributed by atoms with van der Waals surface area (Å²) in [6.07, 6.45) is 1.69. The zero-order valence-corrected chi connectivity index (χ0v) is 12.0. The summed E-state index contributed by atoms with van der Waals surface area (Å²) in [5.74, 6) is 1.73. The molecule has 0 aliphatic rings. The van der Waals surface area contributed by atoms with Crippen LogP contribution in [0.1, 0.15) is 24.3 Å². The summed E-state index contributed by atoms with van der Waals surface area (Å²) < 4.78 is 11.9. The molecule has 0 fully saturated rings. The molecule has 0 saturated carbocycles. The van der Waals surface area contributed by atoms with Gasteiger partial charge in [-0.3, -0.25) is 0 Å². The number of rotatable bonds is 5. The number of halogens is 1. The SMILES string of the molecule is CCNC(c1ccco1)c1ccc(Br)cc1OC. The van der Waals surface area contributed by atoms with E-state index < -0.39 is 0 Å². The van der Waals surface area contributed by atoms with E-state index >= 15 is 0 Å². The maximum absolute atomic E-state index is 5.50. The molecule has 0 bridgehead atoms. The summed E-state index contributed by atoms with van der Waals surface area (Å²) in [5.41, 5.74) is 1.07. The number of methoxy groups -OCH3 is 1. The minimum absolute atomic E-state index is 0.00745. The van der Waals surface area contributed by atoms with Gasteiger partial charge in [-0.05, 0) is 30.8 Å². The zero-order chi connectivity index (χ0) is 13.0. The normalized spacial score (nSPS) is 12.4. The first-order valence-electron chi connectivity index (χ1n) is 5.86. The smallest absolute Gasteiger partial charge is 0.125 e. The van der Waals surface area contributed by atoms with Crippen molar-refractivity contribution >= 4 is 15.9 Å². The summed E-state index contributed by atoms with van der Waals surface area (Å²) in [4.78, 5) is 0. The lowest BCUT2D eigenvalue weighted by Crippen LogP contribution is -2.22. The number of hydrogen-bond donors (Lipinski definition) is 1. The van der Waals surface area contributed by atoms with Crippen LogP contribution in [0, 0.1) is 0 Å². The highest BCUT2D eigenvalue weighted by molar-refractivity contribution is 9.10. The van der Waals surface area contributed by atoms with Gasteiger partial charge in [-0.2, -0.15) is 0 Å². The predicted octanol–water partition coefficient (Wildman–Crippen LogP) is 3.75. The fraction of sp³-hybridized carbons (Fsp3) is 0.286. The van der Waals surface area contributed by atoms with Crippen LogP contribution >= 0.6 is 15.9 Å². The third kappa shape index (κ3) is 2.76. The Labute approximate surface area is 115 Å². The van der Waals surface area contributed by atoms with Gasteiger partial charge < -0.3 is 14.5 Å². The first kappa shape index (κ1) is 13.2. The van der Waals surface area contributed by atoms with Crippen LogP contribution in [0.4, 0.5) is 0 Å². The number of ether oxygens (including phenoxy) is 1. The first-order valence-corrected chi connectivity index (χ1v) is 6.65. The first-order chi connectivity index (χ1) is 8.76. The fourth-order valence-electron chi connectivity index (χ4n) is 1.95. The summed E-state index contributed by atoms with van der Waals surface area (Å²) in [7, 11) is 1.68. The molecule has 96 valence electrons. The van der Waals surface area contributed by atoms with Crippen LogP contribution in [0.2, 0.25) is 0 Å². The van der Waals surface area contributed by atoms with Crippen molar-refractivity contribution in [3.63, 3.8) is 0 Å². The molecule has 0 saturated heterocycles. The minimum Gasteiger partial charge on any atom is -0.496 e. The van der Waals surface area contributed by atoms with E-state index in [4.69, 9.17) is 9.15 Å².